The molecule has 3 heteroatoms. The normalized spacial score (nSPS) is 20.6. The van der Waals surface area contributed by atoms with Crippen LogP contribution in [0.1, 0.15) is 42.1 Å². The third kappa shape index (κ3) is 3.10. The monoisotopic (exact) mass is 246 g/mol. The van der Waals surface area contributed by atoms with Crippen molar-refractivity contribution >= 4 is 5.91 Å². The van der Waals surface area contributed by atoms with Crippen LogP contribution in [0.2, 0.25) is 0 Å². The zero-order valence-electron chi connectivity index (χ0n) is 11.1. The molecule has 0 aromatic heterocycles. The summed E-state index contributed by atoms with van der Waals surface area (Å²) in [5, 5.41) is 0. The van der Waals surface area contributed by atoms with Gasteiger partial charge in [0.15, 0.2) is 0 Å². The standard InChI is InChI=1S/C15H22N2O/c1-12-4-3-8-17(9-7-12)15(18)14-6-2-5-13(10-14)11-16/h2,5-6,10,12H,3-4,7-9,11,16H2,1H3. The second-order valence-corrected chi connectivity index (χ2v) is 5.23. The topological polar surface area (TPSA) is 46.3 Å². The van der Waals surface area contributed by atoms with E-state index < -0.39 is 0 Å². The minimum Gasteiger partial charge on any atom is -0.339 e. The molecule has 1 saturated heterocycles. The van der Waals surface area contributed by atoms with Gasteiger partial charge in [-0.15, -0.1) is 0 Å². The molecule has 3 nitrogen and oxygen atoms in total. The third-order valence-electron chi connectivity index (χ3n) is 3.71. The van der Waals surface area contributed by atoms with Gasteiger partial charge in [0.25, 0.3) is 5.91 Å². The Labute approximate surface area is 109 Å². The van der Waals surface area contributed by atoms with Crippen molar-refractivity contribution in [2.75, 3.05) is 13.1 Å². The number of carbonyl (C=O) groups excluding carboxylic acids is 1. The second-order valence-electron chi connectivity index (χ2n) is 5.23. The predicted octanol–water partition coefficient (Wildman–Crippen LogP) is 2.41. The molecule has 1 aliphatic heterocycles. The maximum Gasteiger partial charge on any atom is 0.253 e. The lowest BCUT2D eigenvalue weighted by Gasteiger charge is -2.20. The highest BCUT2D eigenvalue weighted by Crippen LogP contribution is 2.18. The van der Waals surface area contributed by atoms with E-state index in [1.54, 1.807) is 0 Å². The summed E-state index contributed by atoms with van der Waals surface area (Å²) < 4.78 is 0. The largest absolute Gasteiger partial charge is 0.339 e. The Bertz CT molecular complexity index is 417. The second kappa shape index (κ2) is 6.01. The van der Waals surface area contributed by atoms with Crippen LogP contribution in [0, 0.1) is 5.92 Å². The summed E-state index contributed by atoms with van der Waals surface area (Å²) in [6.45, 7) is 4.52. The number of rotatable bonds is 2. The highest BCUT2D eigenvalue weighted by atomic mass is 16.2. The zero-order chi connectivity index (χ0) is 13.0. The number of benzene rings is 1. The van der Waals surface area contributed by atoms with Crippen molar-refractivity contribution in [3.8, 4) is 0 Å². The first-order valence-corrected chi connectivity index (χ1v) is 6.79. The van der Waals surface area contributed by atoms with Crippen LogP contribution < -0.4 is 5.73 Å². The molecular formula is C15H22N2O. The number of carbonyl (C=O) groups is 1. The molecule has 1 aromatic carbocycles. The van der Waals surface area contributed by atoms with Gasteiger partial charge in [-0.1, -0.05) is 19.1 Å². The van der Waals surface area contributed by atoms with Crippen molar-refractivity contribution in [1.29, 1.82) is 0 Å². The number of amides is 1. The lowest BCUT2D eigenvalue weighted by molar-refractivity contribution is 0.0760. The van der Waals surface area contributed by atoms with Gasteiger partial charge in [0, 0.05) is 25.2 Å². The Kier molecular flexibility index (Phi) is 4.37. The lowest BCUT2D eigenvalue weighted by Crippen LogP contribution is -2.32. The SMILES string of the molecule is CC1CCCN(C(=O)c2cccc(CN)c2)CC1. The molecule has 1 aromatic rings. The van der Waals surface area contributed by atoms with Crippen LogP contribution in [0.3, 0.4) is 0 Å². The Morgan fingerprint density at radius 1 is 1.39 bits per heavy atom. The molecule has 2 N–H and O–H groups in total. The van der Waals surface area contributed by atoms with Crippen LogP contribution in [0.15, 0.2) is 24.3 Å². The van der Waals surface area contributed by atoms with Crippen molar-refractivity contribution in [3.05, 3.63) is 35.4 Å². The minimum absolute atomic E-state index is 0.152. The molecular weight excluding hydrogens is 224 g/mol. The van der Waals surface area contributed by atoms with E-state index in [2.05, 4.69) is 6.92 Å². The Morgan fingerprint density at radius 3 is 3.00 bits per heavy atom. The van der Waals surface area contributed by atoms with Gasteiger partial charge in [-0.25, -0.2) is 0 Å². The Hall–Kier alpha value is -1.35. The first-order chi connectivity index (χ1) is 8.70. The third-order valence-corrected chi connectivity index (χ3v) is 3.71. The highest BCUT2D eigenvalue weighted by molar-refractivity contribution is 5.94. The van der Waals surface area contributed by atoms with Gasteiger partial charge in [0.05, 0.1) is 0 Å². The smallest absolute Gasteiger partial charge is 0.253 e. The van der Waals surface area contributed by atoms with Gasteiger partial charge < -0.3 is 10.6 Å². The molecule has 0 bridgehead atoms. The van der Waals surface area contributed by atoms with E-state index >= 15 is 0 Å². The van der Waals surface area contributed by atoms with Crippen LogP contribution in [-0.4, -0.2) is 23.9 Å². The van der Waals surface area contributed by atoms with Gasteiger partial charge in [-0.05, 0) is 42.9 Å². The molecule has 1 heterocycles. The molecule has 0 radical (unpaired) electrons. The van der Waals surface area contributed by atoms with Gasteiger partial charge in [0.1, 0.15) is 0 Å². The fraction of sp³-hybridized carbons (Fsp3) is 0.533. The zero-order valence-corrected chi connectivity index (χ0v) is 11.1. The van der Waals surface area contributed by atoms with E-state index in [1.165, 1.54) is 6.42 Å². The maximum atomic E-state index is 12.4. The number of hydrogen-bond acceptors (Lipinski definition) is 2. The number of nitrogens with zero attached hydrogens (tertiary/aromatic N) is 1. The Balaban J connectivity index is 2.09. The quantitative estimate of drug-likeness (QED) is 0.871. The summed E-state index contributed by atoms with van der Waals surface area (Å²) >= 11 is 0. The van der Waals surface area contributed by atoms with Gasteiger partial charge in [0.2, 0.25) is 0 Å². The van der Waals surface area contributed by atoms with Gasteiger partial charge >= 0.3 is 0 Å². The summed E-state index contributed by atoms with van der Waals surface area (Å²) in [6.07, 6.45) is 3.46. The molecule has 1 atom stereocenters. The van der Waals surface area contributed by atoms with E-state index in [1.807, 2.05) is 29.2 Å². The summed E-state index contributed by atoms with van der Waals surface area (Å²) in [6, 6.07) is 7.67. The summed E-state index contributed by atoms with van der Waals surface area (Å²) in [5.41, 5.74) is 7.40. The van der Waals surface area contributed by atoms with Crippen molar-refractivity contribution in [1.82, 2.24) is 4.90 Å². The van der Waals surface area contributed by atoms with Crippen molar-refractivity contribution in [3.63, 3.8) is 0 Å². The minimum atomic E-state index is 0.152. The van der Waals surface area contributed by atoms with Crippen molar-refractivity contribution < 1.29 is 4.79 Å². The molecule has 1 unspecified atom stereocenters. The molecule has 98 valence electrons. The van der Waals surface area contributed by atoms with Gasteiger partial charge in [-0.2, -0.15) is 0 Å². The van der Waals surface area contributed by atoms with Crippen LogP contribution in [0.4, 0.5) is 0 Å². The Morgan fingerprint density at radius 2 is 2.22 bits per heavy atom. The number of hydrogen-bond donors (Lipinski definition) is 1. The molecule has 1 aliphatic rings. The summed E-state index contributed by atoms with van der Waals surface area (Å²) in [5.74, 6) is 0.887. The molecule has 0 aliphatic carbocycles. The first kappa shape index (κ1) is 13.1. The fourth-order valence-corrected chi connectivity index (χ4v) is 2.48. The molecule has 18 heavy (non-hydrogen) atoms. The van der Waals surface area contributed by atoms with Crippen molar-refractivity contribution in [2.45, 2.75) is 32.7 Å². The average molecular weight is 246 g/mol. The number of likely N-dealkylation sites (tertiary alicyclic amines) is 1. The molecule has 2 rings (SSSR count). The number of nitrogens with two attached hydrogens (primary N) is 1. The van der Waals surface area contributed by atoms with Crippen molar-refractivity contribution in [2.24, 2.45) is 11.7 Å². The van der Waals surface area contributed by atoms with Gasteiger partial charge in [-0.3, -0.25) is 4.79 Å². The van der Waals surface area contributed by atoms with E-state index in [-0.39, 0.29) is 5.91 Å². The van der Waals surface area contributed by atoms with E-state index in [4.69, 9.17) is 5.73 Å². The first-order valence-electron chi connectivity index (χ1n) is 6.79. The van der Waals surface area contributed by atoms with Crippen LogP contribution in [0.5, 0.6) is 0 Å². The molecule has 0 spiro atoms. The van der Waals surface area contributed by atoms with E-state index in [0.29, 0.717) is 6.54 Å². The van der Waals surface area contributed by atoms with Crippen LogP contribution >= 0.6 is 0 Å². The van der Waals surface area contributed by atoms with Crippen LogP contribution in [-0.2, 0) is 6.54 Å². The van der Waals surface area contributed by atoms with E-state index in [9.17, 15) is 4.79 Å². The predicted molar refractivity (Wildman–Crippen MR) is 73.3 cm³/mol. The summed E-state index contributed by atoms with van der Waals surface area (Å²) in [4.78, 5) is 14.4. The average Bonchev–Trinajstić information content (AvgIpc) is 2.63. The molecule has 1 fully saturated rings. The lowest BCUT2D eigenvalue weighted by atomic mass is 10.0. The molecule has 1 amide bonds. The fourth-order valence-electron chi connectivity index (χ4n) is 2.48. The highest BCUT2D eigenvalue weighted by Gasteiger charge is 2.19. The van der Waals surface area contributed by atoms with E-state index in [0.717, 1.165) is 43.0 Å². The summed E-state index contributed by atoms with van der Waals surface area (Å²) in [7, 11) is 0. The van der Waals surface area contributed by atoms with Crippen LogP contribution in [0.25, 0.3) is 0 Å². The maximum absolute atomic E-state index is 12.4. The molecule has 0 saturated carbocycles.